The predicted octanol–water partition coefficient (Wildman–Crippen LogP) is -0.426. The molecule has 0 atom stereocenters. The van der Waals surface area contributed by atoms with Gasteiger partial charge in [0.2, 0.25) is 11.8 Å². The highest BCUT2D eigenvalue weighted by molar-refractivity contribution is 5.85. The van der Waals surface area contributed by atoms with Gasteiger partial charge in [0.05, 0.1) is 6.61 Å². The normalized spacial score (nSPS) is 9.83. The average molecular weight is 170 g/mol. The minimum atomic E-state index is -0.510. The van der Waals surface area contributed by atoms with Crippen LogP contribution in [-0.4, -0.2) is 27.3 Å². The summed E-state index contributed by atoms with van der Waals surface area (Å²) in [5.41, 5.74) is 5.36. The molecule has 0 radical (unpaired) electrons. The third-order valence-electron chi connectivity index (χ3n) is 1.37. The van der Waals surface area contributed by atoms with E-state index in [-0.39, 0.29) is 11.8 Å². The summed E-state index contributed by atoms with van der Waals surface area (Å²) in [6.45, 7) is 2.03. The van der Waals surface area contributed by atoms with Crippen molar-refractivity contribution in [1.82, 2.24) is 14.8 Å². The Morgan fingerprint density at radius 2 is 2.33 bits per heavy atom. The van der Waals surface area contributed by atoms with E-state index < -0.39 is 5.97 Å². The lowest BCUT2D eigenvalue weighted by Gasteiger charge is -1.99. The van der Waals surface area contributed by atoms with Crippen LogP contribution < -0.4 is 5.73 Å². The molecule has 0 aromatic carbocycles. The van der Waals surface area contributed by atoms with Crippen LogP contribution in [0.15, 0.2) is 0 Å². The molecule has 0 amide bonds. The van der Waals surface area contributed by atoms with Gasteiger partial charge in [-0.3, -0.25) is 4.57 Å². The van der Waals surface area contributed by atoms with Crippen LogP contribution in [0.4, 0.5) is 5.95 Å². The standard InChI is InChI=1S/C6H10N4O2/c1-3-12-5(11)4-8-9-6(7)10(4)2/h3H2,1-2H3,(H2,7,9). The van der Waals surface area contributed by atoms with E-state index in [9.17, 15) is 4.79 Å². The molecule has 2 N–H and O–H groups in total. The van der Waals surface area contributed by atoms with Crippen LogP contribution in [0.3, 0.4) is 0 Å². The molecule has 0 saturated carbocycles. The number of ether oxygens (including phenoxy) is 1. The van der Waals surface area contributed by atoms with Gasteiger partial charge in [-0.05, 0) is 6.92 Å². The van der Waals surface area contributed by atoms with Crippen LogP contribution in [0, 0.1) is 0 Å². The van der Waals surface area contributed by atoms with Gasteiger partial charge in [0, 0.05) is 7.05 Å². The molecule has 0 saturated heterocycles. The second-order valence-electron chi connectivity index (χ2n) is 2.16. The highest BCUT2D eigenvalue weighted by atomic mass is 16.5. The maximum atomic E-state index is 11.1. The van der Waals surface area contributed by atoms with Crippen molar-refractivity contribution in [2.45, 2.75) is 6.92 Å². The Labute approximate surface area is 69.3 Å². The molecule has 0 spiro atoms. The molecule has 0 aliphatic heterocycles. The topological polar surface area (TPSA) is 83.0 Å². The van der Waals surface area contributed by atoms with Crippen molar-refractivity contribution in [3.63, 3.8) is 0 Å². The molecule has 0 unspecified atom stereocenters. The maximum absolute atomic E-state index is 11.1. The fourth-order valence-electron chi connectivity index (χ4n) is 0.715. The van der Waals surface area contributed by atoms with E-state index in [4.69, 9.17) is 10.5 Å². The quantitative estimate of drug-likeness (QED) is 0.609. The summed E-state index contributed by atoms with van der Waals surface area (Å²) < 4.78 is 6.08. The molecule has 0 fully saturated rings. The molecule has 1 aromatic heterocycles. The Morgan fingerprint density at radius 1 is 1.67 bits per heavy atom. The van der Waals surface area contributed by atoms with E-state index in [1.807, 2.05) is 0 Å². The fraction of sp³-hybridized carbons (Fsp3) is 0.500. The summed E-state index contributed by atoms with van der Waals surface area (Å²) in [5, 5.41) is 7.06. The van der Waals surface area contributed by atoms with E-state index in [0.717, 1.165) is 0 Å². The second kappa shape index (κ2) is 3.21. The number of esters is 1. The molecule has 6 heteroatoms. The predicted molar refractivity (Wildman–Crippen MR) is 41.4 cm³/mol. The number of nitrogens with two attached hydrogens (primary N) is 1. The van der Waals surface area contributed by atoms with Gasteiger partial charge in [-0.25, -0.2) is 4.79 Å². The van der Waals surface area contributed by atoms with E-state index in [1.54, 1.807) is 14.0 Å². The first kappa shape index (κ1) is 8.51. The smallest absolute Gasteiger partial charge is 0.376 e. The lowest BCUT2D eigenvalue weighted by molar-refractivity contribution is 0.0507. The van der Waals surface area contributed by atoms with Crippen LogP contribution in [0.25, 0.3) is 0 Å². The minimum absolute atomic E-state index is 0.120. The molecular weight excluding hydrogens is 160 g/mol. The molecule has 12 heavy (non-hydrogen) atoms. The van der Waals surface area contributed by atoms with Crippen LogP contribution in [-0.2, 0) is 11.8 Å². The monoisotopic (exact) mass is 170 g/mol. The highest BCUT2D eigenvalue weighted by Gasteiger charge is 2.14. The lowest BCUT2D eigenvalue weighted by Crippen LogP contribution is -2.12. The van der Waals surface area contributed by atoms with Crippen molar-refractivity contribution in [3.05, 3.63) is 5.82 Å². The lowest BCUT2D eigenvalue weighted by atomic mass is 10.6. The van der Waals surface area contributed by atoms with Crippen molar-refractivity contribution in [2.24, 2.45) is 7.05 Å². The molecule has 1 aromatic rings. The van der Waals surface area contributed by atoms with Gasteiger partial charge in [-0.2, -0.15) is 0 Å². The third-order valence-corrected chi connectivity index (χ3v) is 1.37. The summed E-state index contributed by atoms with van der Waals surface area (Å²) in [4.78, 5) is 11.1. The first-order valence-corrected chi connectivity index (χ1v) is 3.48. The minimum Gasteiger partial charge on any atom is -0.460 e. The van der Waals surface area contributed by atoms with E-state index >= 15 is 0 Å². The van der Waals surface area contributed by atoms with Crippen molar-refractivity contribution < 1.29 is 9.53 Å². The largest absolute Gasteiger partial charge is 0.460 e. The Bertz CT molecular complexity index is 294. The van der Waals surface area contributed by atoms with Crippen LogP contribution in [0.5, 0.6) is 0 Å². The third kappa shape index (κ3) is 1.36. The summed E-state index contributed by atoms with van der Waals surface area (Å²) >= 11 is 0. The average Bonchev–Trinajstić information content (AvgIpc) is 2.34. The Morgan fingerprint density at radius 3 is 2.75 bits per heavy atom. The first-order chi connectivity index (χ1) is 5.66. The highest BCUT2D eigenvalue weighted by Crippen LogP contribution is 2.01. The van der Waals surface area contributed by atoms with Gasteiger partial charge in [0.25, 0.3) is 0 Å². The fourth-order valence-corrected chi connectivity index (χ4v) is 0.715. The zero-order valence-electron chi connectivity index (χ0n) is 6.94. The zero-order chi connectivity index (χ0) is 9.14. The molecule has 1 rings (SSSR count). The second-order valence-corrected chi connectivity index (χ2v) is 2.16. The van der Waals surface area contributed by atoms with Gasteiger partial charge in [0.15, 0.2) is 0 Å². The van der Waals surface area contributed by atoms with Crippen molar-refractivity contribution in [3.8, 4) is 0 Å². The SMILES string of the molecule is CCOC(=O)c1nnc(N)n1C. The van der Waals surface area contributed by atoms with Gasteiger partial charge in [0.1, 0.15) is 0 Å². The number of anilines is 1. The van der Waals surface area contributed by atoms with E-state index in [0.29, 0.717) is 6.61 Å². The van der Waals surface area contributed by atoms with Gasteiger partial charge in [-0.1, -0.05) is 0 Å². The number of hydrogen-bond acceptors (Lipinski definition) is 5. The van der Waals surface area contributed by atoms with Crippen molar-refractivity contribution >= 4 is 11.9 Å². The summed E-state index contributed by atoms with van der Waals surface area (Å²) in [6, 6.07) is 0. The first-order valence-electron chi connectivity index (χ1n) is 3.48. The van der Waals surface area contributed by atoms with E-state index in [1.165, 1.54) is 4.57 Å². The van der Waals surface area contributed by atoms with Crippen molar-refractivity contribution in [1.29, 1.82) is 0 Å². The summed E-state index contributed by atoms with van der Waals surface area (Å²) in [6.07, 6.45) is 0. The molecule has 0 aliphatic carbocycles. The molecule has 66 valence electrons. The number of aromatic nitrogens is 3. The Balaban J connectivity index is 2.88. The molecular formula is C6H10N4O2. The number of carbonyl (C=O) groups excluding carboxylic acids is 1. The van der Waals surface area contributed by atoms with Gasteiger partial charge < -0.3 is 10.5 Å². The number of hydrogen-bond donors (Lipinski definition) is 1. The Kier molecular flexibility index (Phi) is 2.27. The molecule has 1 heterocycles. The van der Waals surface area contributed by atoms with Crippen LogP contribution in [0.1, 0.15) is 17.5 Å². The van der Waals surface area contributed by atoms with Crippen LogP contribution in [0.2, 0.25) is 0 Å². The zero-order valence-corrected chi connectivity index (χ0v) is 6.94. The van der Waals surface area contributed by atoms with Crippen LogP contribution >= 0.6 is 0 Å². The summed E-state index contributed by atoms with van der Waals surface area (Å²) in [5.74, 6) is -0.198. The van der Waals surface area contributed by atoms with Crippen molar-refractivity contribution in [2.75, 3.05) is 12.3 Å². The number of nitrogen functional groups attached to an aromatic ring is 1. The van der Waals surface area contributed by atoms with E-state index in [2.05, 4.69) is 10.2 Å². The molecule has 0 aliphatic rings. The summed E-state index contributed by atoms with van der Waals surface area (Å²) in [7, 11) is 1.60. The maximum Gasteiger partial charge on any atom is 0.376 e. The number of nitrogens with zero attached hydrogens (tertiary/aromatic N) is 3. The Hall–Kier alpha value is -1.59. The van der Waals surface area contributed by atoms with Gasteiger partial charge >= 0.3 is 5.97 Å². The van der Waals surface area contributed by atoms with Gasteiger partial charge in [-0.15, -0.1) is 10.2 Å². The number of rotatable bonds is 2. The molecule has 6 nitrogen and oxygen atoms in total. The number of carbonyl (C=O) groups is 1. The molecule has 0 bridgehead atoms.